The Balaban J connectivity index is 2.58. The zero-order valence-corrected chi connectivity index (χ0v) is 9.93. The molecule has 0 radical (unpaired) electrons. The summed E-state index contributed by atoms with van der Waals surface area (Å²) in [6.07, 6.45) is 0. The maximum absolute atomic E-state index is 9.54. The van der Waals surface area contributed by atoms with E-state index in [1.165, 1.54) is 0 Å². The van der Waals surface area contributed by atoms with E-state index in [0.29, 0.717) is 17.1 Å². The first-order valence-electron chi connectivity index (χ1n) is 4.77. The number of nitrogens with one attached hydrogen (secondary N) is 1. The van der Waals surface area contributed by atoms with Gasteiger partial charge in [0.05, 0.1) is 12.1 Å². The van der Waals surface area contributed by atoms with Crippen LogP contribution in [0.3, 0.4) is 0 Å². The first-order valence-corrected chi connectivity index (χ1v) is 5.15. The van der Waals surface area contributed by atoms with E-state index in [2.05, 4.69) is 5.48 Å². The molecule has 0 bridgehead atoms. The van der Waals surface area contributed by atoms with Crippen molar-refractivity contribution in [1.82, 2.24) is 5.48 Å². The number of benzene rings is 1. The van der Waals surface area contributed by atoms with Crippen LogP contribution in [0, 0.1) is 0 Å². The van der Waals surface area contributed by atoms with Crippen molar-refractivity contribution in [3.8, 4) is 5.75 Å². The van der Waals surface area contributed by atoms with E-state index in [1.54, 1.807) is 18.2 Å². The third-order valence-corrected chi connectivity index (χ3v) is 2.08. The van der Waals surface area contributed by atoms with Gasteiger partial charge in [0.15, 0.2) is 0 Å². The maximum Gasteiger partial charge on any atom is 0.121 e. The SMILES string of the molecule is CC(C)(C)ONCc1c(O)cccc1Cl. The zero-order chi connectivity index (χ0) is 11.5. The minimum atomic E-state index is -0.267. The van der Waals surface area contributed by atoms with Crippen LogP contribution in [0.4, 0.5) is 0 Å². The summed E-state index contributed by atoms with van der Waals surface area (Å²) in [5.74, 6) is 0.174. The molecule has 15 heavy (non-hydrogen) atoms. The van der Waals surface area contributed by atoms with Gasteiger partial charge in [-0.25, -0.2) is 0 Å². The molecule has 0 saturated carbocycles. The first kappa shape index (κ1) is 12.3. The maximum atomic E-state index is 9.54. The predicted molar refractivity (Wildman–Crippen MR) is 60.8 cm³/mol. The van der Waals surface area contributed by atoms with Crippen molar-refractivity contribution in [2.75, 3.05) is 0 Å². The summed E-state index contributed by atoms with van der Waals surface area (Å²) < 4.78 is 0. The van der Waals surface area contributed by atoms with E-state index in [1.807, 2.05) is 20.8 Å². The summed E-state index contributed by atoms with van der Waals surface area (Å²) in [6, 6.07) is 5.03. The fourth-order valence-corrected chi connectivity index (χ4v) is 1.28. The van der Waals surface area contributed by atoms with Crippen molar-refractivity contribution in [3.63, 3.8) is 0 Å². The summed E-state index contributed by atoms with van der Waals surface area (Å²) in [6.45, 7) is 6.19. The molecule has 0 heterocycles. The highest BCUT2D eigenvalue weighted by Gasteiger charge is 2.11. The predicted octanol–water partition coefficient (Wildman–Crippen LogP) is 2.87. The quantitative estimate of drug-likeness (QED) is 0.784. The Morgan fingerprint density at radius 1 is 1.40 bits per heavy atom. The van der Waals surface area contributed by atoms with Gasteiger partial charge in [0.2, 0.25) is 0 Å². The van der Waals surface area contributed by atoms with Crippen LogP contribution in [0.25, 0.3) is 0 Å². The lowest BCUT2D eigenvalue weighted by Crippen LogP contribution is -2.28. The standard InChI is InChI=1S/C11H16ClNO2/c1-11(2,3)15-13-7-8-9(12)5-4-6-10(8)14/h4-6,13-14H,7H2,1-3H3. The molecule has 2 N–H and O–H groups in total. The van der Waals surface area contributed by atoms with Gasteiger partial charge >= 0.3 is 0 Å². The topological polar surface area (TPSA) is 41.5 Å². The average molecular weight is 230 g/mol. The molecule has 0 aliphatic carbocycles. The van der Waals surface area contributed by atoms with Crippen molar-refractivity contribution >= 4 is 11.6 Å². The molecule has 0 aliphatic rings. The molecule has 0 aliphatic heterocycles. The summed E-state index contributed by atoms with van der Waals surface area (Å²) in [7, 11) is 0. The molecular formula is C11H16ClNO2. The van der Waals surface area contributed by atoms with Gasteiger partial charge in [0.1, 0.15) is 5.75 Å². The summed E-state index contributed by atoms with van der Waals surface area (Å²) in [4.78, 5) is 5.32. The molecule has 0 spiro atoms. The van der Waals surface area contributed by atoms with Crippen LogP contribution in [0.5, 0.6) is 5.75 Å². The Bertz CT molecular complexity index is 314. The third kappa shape index (κ3) is 4.08. The molecule has 1 aromatic carbocycles. The first-order chi connectivity index (χ1) is 6.90. The molecular weight excluding hydrogens is 214 g/mol. The smallest absolute Gasteiger partial charge is 0.121 e. The minimum absolute atomic E-state index is 0.174. The van der Waals surface area contributed by atoms with Crippen LogP contribution < -0.4 is 5.48 Å². The van der Waals surface area contributed by atoms with Crippen LogP contribution in [0.1, 0.15) is 26.3 Å². The van der Waals surface area contributed by atoms with Crippen LogP contribution in [0.2, 0.25) is 5.02 Å². The lowest BCUT2D eigenvalue weighted by molar-refractivity contribution is -0.0759. The van der Waals surface area contributed by atoms with Crippen molar-refractivity contribution in [3.05, 3.63) is 28.8 Å². The number of phenolic OH excluding ortho intramolecular Hbond substituents is 1. The Morgan fingerprint density at radius 2 is 2.07 bits per heavy atom. The van der Waals surface area contributed by atoms with Gasteiger partial charge in [-0.2, -0.15) is 5.48 Å². The summed E-state index contributed by atoms with van der Waals surface area (Å²) >= 11 is 5.92. The molecule has 4 heteroatoms. The van der Waals surface area contributed by atoms with Gasteiger partial charge in [-0.05, 0) is 32.9 Å². The summed E-state index contributed by atoms with van der Waals surface area (Å²) in [5.41, 5.74) is 3.15. The lowest BCUT2D eigenvalue weighted by atomic mass is 10.2. The Labute approximate surface area is 95.0 Å². The van der Waals surface area contributed by atoms with Crippen molar-refractivity contribution in [2.45, 2.75) is 32.9 Å². The number of rotatable bonds is 3. The Morgan fingerprint density at radius 3 is 2.60 bits per heavy atom. The van der Waals surface area contributed by atoms with E-state index < -0.39 is 0 Å². The highest BCUT2D eigenvalue weighted by Crippen LogP contribution is 2.24. The van der Waals surface area contributed by atoms with Crippen LogP contribution in [0.15, 0.2) is 18.2 Å². The van der Waals surface area contributed by atoms with Gasteiger partial charge in [-0.3, -0.25) is 4.84 Å². The van der Waals surface area contributed by atoms with Crippen molar-refractivity contribution < 1.29 is 9.94 Å². The Kier molecular flexibility index (Phi) is 3.97. The van der Waals surface area contributed by atoms with E-state index in [9.17, 15) is 5.11 Å². The Hall–Kier alpha value is -0.770. The van der Waals surface area contributed by atoms with Gasteiger partial charge in [-0.15, -0.1) is 0 Å². The van der Waals surface area contributed by atoms with Gasteiger partial charge in [-0.1, -0.05) is 17.7 Å². The number of hydroxylamine groups is 1. The molecule has 1 aromatic rings. The number of halogens is 1. The van der Waals surface area contributed by atoms with Crippen molar-refractivity contribution in [2.24, 2.45) is 0 Å². The fourth-order valence-electron chi connectivity index (χ4n) is 1.05. The molecule has 0 saturated heterocycles. The second kappa shape index (κ2) is 4.84. The number of aromatic hydroxyl groups is 1. The minimum Gasteiger partial charge on any atom is -0.508 e. The molecule has 0 amide bonds. The van der Waals surface area contributed by atoms with E-state index in [4.69, 9.17) is 16.4 Å². The molecule has 0 fully saturated rings. The van der Waals surface area contributed by atoms with E-state index >= 15 is 0 Å². The van der Waals surface area contributed by atoms with Crippen LogP contribution in [-0.2, 0) is 11.4 Å². The molecule has 1 rings (SSSR count). The monoisotopic (exact) mass is 229 g/mol. The van der Waals surface area contributed by atoms with Gasteiger partial charge in [0, 0.05) is 10.6 Å². The molecule has 0 unspecified atom stereocenters. The second-order valence-corrected chi connectivity index (χ2v) is 4.68. The van der Waals surface area contributed by atoms with E-state index in [-0.39, 0.29) is 11.4 Å². The molecule has 84 valence electrons. The van der Waals surface area contributed by atoms with Gasteiger partial charge < -0.3 is 5.11 Å². The normalized spacial score (nSPS) is 11.7. The largest absolute Gasteiger partial charge is 0.508 e. The fraction of sp³-hybridized carbons (Fsp3) is 0.455. The molecule has 3 nitrogen and oxygen atoms in total. The molecule has 0 atom stereocenters. The third-order valence-electron chi connectivity index (χ3n) is 1.72. The van der Waals surface area contributed by atoms with Crippen LogP contribution >= 0.6 is 11.6 Å². The highest BCUT2D eigenvalue weighted by molar-refractivity contribution is 6.31. The van der Waals surface area contributed by atoms with Crippen molar-refractivity contribution in [1.29, 1.82) is 0 Å². The second-order valence-electron chi connectivity index (χ2n) is 4.27. The van der Waals surface area contributed by atoms with E-state index in [0.717, 1.165) is 0 Å². The molecule has 0 aromatic heterocycles. The highest BCUT2D eigenvalue weighted by atomic mass is 35.5. The zero-order valence-electron chi connectivity index (χ0n) is 9.17. The number of hydrogen-bond acceptors (Lipinski definition) is 3. The lowest BCUT2D eigenvalue weighted by Gasteiger charge is -2.19. The van der Waals surface area contributed by atoms with Gasteiger partial charge in [0.25, 0.3) is 0 Å². The number of hydrogen-bond donors (Lipinski definition) is 2. The van der Waals surface area contributed by atoms with Crippen LogP contribution in [-0.4, -0.2) is 10.7 Å². The number of phenols is 1. The summed E-state index contributed by atoms with van der Waals surface area (Å²) in [5, 5.41) is 10.1. The average Bonchev–Trinajstić information content (AvgIpc) is 2.08.